The van der Waals surface area contributed by atoms with Crippen molar-refractivity contribution in [3.63, 3.8) is 0 Å². The molecule has 3 rings (SSSR count). The quantitative estimate of drug-likeness (QED) is 0.718. The fraction of sp³-hybridized carbons (Fsp3) is 0.0500. The Morgan fingerprint density at radius 2 is 1.04 bits per heavy atom. The fourth-order valence-corrected chi connectivity index (χ4v) is 2.44. The van der Waals surface area contributed by atoms with Gasteiger partial charge >= 0.3 is 0 Å². The van der Waals surface area contributed by atoms with Crippen molar-refractivity contribution in [1.82, 2.24) is 0 Å². The van der Waals surface area contributed by atoms with Gasteiger partial charge in [0.05, 0.1) is 5.71 Å². The summed E-state index contributed by atoms with van der Waals surface area (Å²) in [6.07, 6.45) is 7.52. The van der Waals surface area contributed by atoms with Gasteiger partial charge in [0.1, 0.15) is 0 Å². The summed E-state index contributed by atoms with van der Waals surface area (Å²) in [4.78, 5) is 0. The van der Waals surface area contributed by atoms with Crippen molar-refractivity contribution in [3.05, 3.63) is 89.5 Å². The standard InChI is InChI=1S/C19H17N3.CH4/c20-16-7-1-13(2-8-16)19(14-3-9-17(21)10-4-14)15-5-11-18(22)12-6-15;/h1-12,20H,21-22H2;1H4. The van der Waals surface area contributed by atoms with Gasteiger partial charge in [0.2, 0.25) is 0 Å². The van der Waals surface area contributed by atoms with E-state index in [0.29, 0.717) is 5.71 Å². The minimum Gasteiger partial charge on any atom is -0.399 e. The smallest absolute Gasteiger partial charge is 0.0540 e. The number of nitrogen functional groups attached to an aromatic ring is 2. The Hall–Kier alpha value is -3.07. The molecule has 23 heavy (non-hydrogen) atoms. The second-order valence-electron chi connectivity index (χ2n) is 5.20. The van der Waals surface area contributed by atoms with Gasteiger partial charge in [-0.25, -0.2) is 0 Å². The summed E-state index contributed by atoms with van der Waals surface area (Å²) in [5.41, 5.74) is 17.9. The summed E-state index contributed by atoms with van der Waals surface area (Å²) < 4.78 is 0. The molecule has 0 aliphatic heterocycles. The molecule has 3 nitrogen and oxygen atoms in total. The summed E-state index contributed by atoms with van der Waals surface area (Å²) in [6, 6.07) is 15.6. The Labute approximate surface area is 137 Å². The zero-order valence-electron chi connectivity index (χ0n) is 12.1. The van der Waals surface area contributed by atoms with E-state index in [2.05, 4.69) is 0 Å². The first-order chi connectivity index (χ1) is 10.6. The van der Waals surface area contributed by atoms with Gasteiger partial charge in [0.15, 0.2) is 0 Å². The highest BCUT2D eigenvalue weighted by atomic mass is 14.5. The SMILES string of the molecule is C.N=C1C=CC(=C(c2ccc(N)cc2)c2ccc(N)cc2)C=C1. The number of hydrogen-bond donors (Lipinski definition) is 3. The highest BCUT2D eigenvalue weighted by Crippen LogP contribution is 2.30. The van der Waals surface area contributed by atoms with Crippen molar-refractivity contribution in [1.29, 1.82) is 5.41 Å². The molecule has 116 valence electrons. The van der Waals surface area contributed by atoms with E-state index in [1.54, 1.807) is 12.2 Å². The number of rotatable bonds is 2. The van der Waals surface area contributed by atoms with Crippen molar-refractivity contribution in [2.24, 2.45) is 0 Å². The van der Waals surface area contributed by atoms with Gasteiger partial charge in [-0.2, -0.15) is 0 Å². The lowest BCUT2D eigenvalue weighted by atomic mass is 9.90. The van der Waals surface area contributed by atoms with Crippen LogP contribution in [0.1, 0.15) is 18.6 Å². The van der Waals surface area contributed by atoms with E-state index in [1.807, 2.05) is 60.7 Å². The van der Waals surface area contributed by atoms with Crippen LogP contribution in [0.15, 0.2) is 78.4 Å². The number of nitrogens with two attached hydrogens (primary N) is 2. The Morgan fingerprint density at radius 1 is 0.652 bits per heavy atom. The van der Waals surface area contributed by atoms with Gasteiger partial charge in [-0.3, -0.25) is 0 Å². The van der Waals surface area contributed by atoms with Crippen LogP contribution in [0.2, 0.25) is 0 Å². The topological polar surface area (TPSA) is 75.9 Å². The lowest BCUT2D eigenvalue weighted by molar-refractivity contribution is 1.49. The first-order valence-electron chi connectivity index (χ1n) is 7.04. The lowest BCUT2D eigenvalue weighted by Gasteiger charge is -2.14. The van der Waals surface area contributed by atoms with Gasteiger partial charge in [-0.15, -0.1) is 0 Å². The summed E-state index contributed by atoms with van der Waals surface area (Å²) in [5.74, 6) is 0. The zero-order valence-corrected chi connectivity index (χ0v) is 12.1. The van der Waals surface area contributed by atoms with E-state index in [4.69, 9.17) is 16.9 Å². The number of allylic oxidation sites excluding steroid dienone is 5. The van der Waals surface area contributed by atoms with Crippen molar-refractivity contribution < 1.29 is 0 Å². The van der Waals surface area contributed by atoms with E-state index >= 15 is 0 Å². The zero-order chi connectivity index (χ0) is 15.5. The summed E-state index contributed by atoms with van der Waals surface area (Å²) in [6.45, 7) is 0. The number of anilines is 2. The van der Waals surface area contributed by atoms with E-state index in [0.717, 1.165) is 33.6 Å². The molecule has 1 aliphatic carbocycles. The van der Waals surface area contributed by atoms with Crippen LogP contribution in [0.25, 0.3) is 5.57 Å². The van der Waals surface area contributed by atoms with E-state index < -0.39 is 0 Å². The van der Waals surface area contributed by atoms with E-state index in [-0.39, 0.29) is 7.43 Å². The van der Waals surface area contributed by atoms with Crippen LogP contribution in [0.5, 0.6) is 0 Å². The second kappa shape index (κ2) is 6.79. The molecule has 2 aromatic rings. The number of benzene rings is 2. The molecule has 0 spiro atoms. The Bertz CT molecular complexity index is 726. The number of nitrogens with one attached hydrogen (secondary N) is 1. The van der Waals surface area contributed by atoms with Crippen LogP contribution < -0.4 is 11.5 Å². The molecule has 0 saturated carbocycles. The van der Waals surface area contributed by atoms with Gasteiger partial charge in [0, 0.05) is 11.4 Å². The van der Waals surface area contributed by atoms with Gasteiger partial charge in [0.25, 0.3) is 0 Å². The molecule has 1 aliphatic rings. The molecule has 2 aromatic carbocycles. The first-order valence-corrected chi connectivity index (χ1v) is 7.04. The lowest BCUT2D eigenvalue weighted by Crippen LogP contribution is -1.97. The first kappa shape index (κ1) is 16.3. The summed E-state index contributed by atoms with van der Waals surface area (Å²) in [5, 5.41) is 7.66. The molecule has 0 amide bonds. The molecule has 0 fully saturated rings. The molecular weight excluding hydrogens is 282 g/mol. The van der Waals surface area contributed by atoms with Crippen molar-refractivity contribution in [2.45, 2.75) is 7.43 Å². The van der Waals surface area contributed by atoms with Crippen LogP contribution in [0.4, 0.5) is 11.4 Å². The molecule has 0 aromatic heterocycles. The average Bonchev–Trinajstić information content (AvgIpc) is 2.53. The molecule has 0 radical (unpaired) electrons. The van der Waals surface area contributed by atoms with Gasteiger partial charge in [-0.05, 0) is 58.7 Å². The molecule has 0 unspecified atom stereocenters. The molecular formula is C20H21N3. The van der Waals surface area contributed by atoms with Gasteiger partial charge in [-0.1, -0.05) is 43.8 Å². The minimum absolute atomic E-state index is 0. The van der Waals surface area contributed by atoms with Crippen molar-refractivity contribution >= 4 is 22.7 Å². The van der Waals surface area contributed by atoms with Crippen molar-refractivity contribution in [2.75, 3.05) is 11.5 Å². The molecule has 0 bridgehead atoms. The van der Waals surface area contributed by atoms with E-state index in [1.165, 1.54) is 0 Å². The average molecular weight is 303 g/mol. The maximum absolute atomic E-state index is 7.66. The Kier molecular flexibility index (Phi) is 4.82. The Morgan fingerprint density at radius 3 is 1.43 bits per heavy atom. The van der Waals surface area contributed by atoms with Crippen LogP contribution in [0, 0.1) is 5.41 Å². The van der Waals surface area contributed by atoms with E-state index in [9.17, 15) is 0 Å². The van der Waals surface area contributed by atoms with Gasteiger partial charge < -0.3 is 16.9 Å². The third-order valence-corrected chi connectivity index (χ3v) is 3.57. The minimum atomic E-state index is 0. The van der Waals surface area contributed by atoms with Crippen LogP contribution >= 0.6 is 0 Å². The molecule has 0 saturated heterocycles. The molecule has 0 heterocycles. The maximum atomic E-state index is 7.66. The molecule has 5 N–H and O–H groups in total. The normalized spacial score (nSPS) is 12.9. The molecule has 0 atom stereocenters. The van der Waals surface area contributed by atoms with Crippen LogP contribution in [-0.4, -0.2) is 5.71 Å². The predicted molar refractivity (Wildman–Crippen MR) is 100 cm³/mol. The highest BCUT2D eigenvalue weighted by Gasteiger charge is 2.10. The summed E-state index contributed by atoms with van der Waals surface area (Å²) in [7, 11) is 0. The molecule has 3 heteroatoms. The highest BCUT2D eigenvalue weighted by molar-refractivity contribution is 6.05. The van der Waals surface area contributed by atoms with Crippen LogP contribution in [-0.2, 0) is 0 Å². The summed E-state index contributed by atoms with van der Waals surface area (Å²) >= 11 is 0. The monoisotopic (exact) mass is 303 g/mol. The van der Waals surface area contributed by atoms with Crippen LogP contribution in [0.3, 0.4) is 0 Å². The maximum Gasteiger partial charge on any atom is 0.0540 e. The Balaban J connectivity index is 0.00000192. The van der Waals surface area contributed by atoms with Crippen molar-refractivity contribution in [3.8, 4) is 0 Å². The third-order valence-electron chi connectivity index (χ3n) is 3.57. The third kappa shape index (κ3) is 3.58. The second-order valence-corrected chi connectivity index (χ2v) is 5.20. The largest absolute Gasteiger partial charge is 0.399 e. The fourth-order valence-electron chi connectivity index (χ4n) is 2.44. The predicted octanol–water partition coefficient (Wildman–Crippen LogP) is 4.43. The number of hydrogen-bond acceptors (Lipinski definition) is 3.